The summed E-state index contributed by atoms with van der Waals surface area (Å²) in [6.07, 6.45) is 0.419. The number of fused-ring (bicyclic) bond motifs is 1. The molecule has 0 unspecified atom stereocenters. The minimum Gasteiger partial charge on any atom is -0.493 e. The Morgan fingerprint density at radius 3 is 2.77 bits per heavy atom. The predicted molar refractivity (Wildman–Crippen MR) is 98.9 cm³/mol. The second-order valence-corrected chi connectivity index (χ2v) is 5.58. The van der Waals surface area contributed by atoms with Crippen LogP contribution in [0.15, 0.2) is 47.5 Å². The van der Waals surface area contributed by atoms with Gasteiger partial charge in [-0.25, -0.2) is 14.4 Å². The van der Waals surface area contributed by atoms with E-state index in [1.165, 1.54) is 13.2 Å². The Morgan fingerprint density at radius 2 is 2.08 bits per heavy atom. The molecule has 0 aliphatic rings. The fourth-order valence-corrected chi connectivity index (χ4v) is 2.76. The number of aliphatic imine (C=N–C) groups is 1. The summed E-state index contributed by atoms with van der Waals surface area (Å²) in [6.45, 7) is 1.97. The Balaban J connectivity index is 2.35. The van der Waals surface area contributed by atoms with Gasteiger partial charge in [0.25, 0.3) is 0 Å². The Hall–Kier alpha value is -3.48. The van der Waals surface area contributed by atoms with Gasteiger partial charge in [-0.1, -0.05) is 24.3 Å². The zero-order valence-corrected chi connectivity index (χ0v) is 14.3. The summed E-state index contributed by atoms with van der Waals surface area (Å²) in [7, 11) is 1.37. The number of carbonyl (C=O) groups is 1. The van der Waals surface area contributed by atoms with Gasteiger partial charge in [-0.3, -0.25) is 10.1 Å². The van der Waals surface area contributed by atoms with Gasteiger partial charge in [-0.15, -0.1) is 0 Å². The van der Waals surface area contributed by atoms with E-state index in [0.717, 1.165) is 11.1 Å². The minimum absolute atomic E-state index is 0.0176. The van der Waals surface area contributed by atoms with Crippen molar-refractivity contribution >= 4 is 29.0 Å². The number of hydrogen-bond acceptors (Lipinski definition) is 4. The zero-order chi connectivity index (χ0) is 18.7. The molecule has 3 N–H and O–H groups in total. The van der Waals surface area contributed by atoms with Crippen molar-refractivity contribution in [1.82, 2.24) is 10.3 Å². The number of aromatic nitrogens is 1. The Labute approximate surface area is 149 Å². The maximum absolute atomic E-state index is 14.2. The van der Waals surface area contributed by atoms with Gasteiger partial charge in [0, 0.05) is 5.56 Å². The van der Waals surface area contributed by atoms with Crippen LogP contribution in [0.25, 0.3) is 22.2 Å². The number of rotatable bonds is 4. The zero-order valence-electron chi connectivity index (χ0n) is 14.3. The number of hydrogen-bond donors (Lipinski definition) is 2. The van der Waals surface area contributed by atoms with Crippen molar-refractivity contribution in [3.63, 3.8) is 0 Å². The lowest BCUT2D eigenvalue weighted by Crippen LogP contribution is -2.29. The number of methoxy groups -OCH3 is 1. The monoisotopic (exact) mass is 352 g/mol. The molecule has 0 aliphatic carbocycles. The van der Waals surface area contributed by atoms with Gasteiger partial charge in [0.05, 0.1) is 29.4 Å². The van der Waals surface area contributed by atoms with Crippen molar-refractivity contribution in [2.75, 3.05) is 7.11 Å². The van der Waals surface area contributed by atoms with E-state index in [2.05, 4.69) is 15.3 Å². The van der Waals surface area contributed by atoms with Gasteiger partial charge >= 0.3 is 0 Å². The van der Waals surface area contributed by atoms with E-state index in [1.54, 1.807) is 12.1 Å². The number of guanidine groups is 1. The molecule has 0 saturated carbocycles. The van der Waals surface area contributed by atoms with E-state index in [1.807, 2.05) is 31.2 Å². The molecule has 7 heteroatoms. The van der Waals surface area contributed by atoms with Crippen LogP contribution in [0, 0.1) is 12.7 Å². The van der Waals surface area contributed by atoms with Crippen LogP contribution in [0.2, 0.25) is 0 Å². The number of carbonyl (C=O) groups excluding carboxylic acids is 1. The summed E-state index contributed by atoms with van der Waals surface area (Å²) in [5.41, 5.74) is 9.15. The Morgan fingerprint density at radius 1 is 1.31 bits per heavy atom. The van der Waals surface area contributed by atoms with E-state index in [9.17, 15) is 9.18 Å². The number of nitrogens with two attached hydrogens (primary N) is 1. The molecule has 0 aliphatic heterocycles. The first-order valence-corrected chi connectivity index (χ1v) is 7.82. The highest BCUT2D eigenvalue weighted by atomic mass is 19.1. The van der Waals surface area contributed by atoms with E-state index in [-0.39, 0.29) is 11.7 Å². The molecule has 0 atom stereocenters. The van der Waals surface area contributed by atoms with Crippen LogP contribution < -0.4 is 15.8 Å². The van der Waals surface area contributed by atoms with Crippen LogP contribution in [-0.2, 0) is 4.79 Å². The van der Waals surface area contributed by atoms with Crippen molar-refractivity contribution in [2.45, 2.75) is 6.92 Å². The standard InChI is InChI=1S/C19H17FN4O2/c1-11-5-3-4-6-12(11)15-9-16(24-19(21)22-10-25)17-14(23-15)8-7-13(20)18(17)26-2/h3-10H,1-2H3,(H3,21,22,23,24,25). The predicted octanol–water partition coefficient (Wildman–Crippen LogP) is 3.05. The number of ether oxygens (including phenoxy) is 1. The van der Waals surface area contributed by atoms with Crippen LogP contribution in [0.3, 0.4) is 0 Å². The van der Waals surface area contributed by atoms with Gasteiger partial charge in [0.15, 0.2) is 17.5 Å². The number of pyridine rings is 1. The molecule has 1 heterocycles. The molecule has 1 aromatic heterocycles. The molecule has 3 rings (SSSR count). The second kappa shape index (κ2) is 7.18. The summed E-state index contributed by atoms with van der Waals surface area (Å²) in [5.74, 6) is -0.637. The fraction of sp³-hybridized carbons (Fsp3) is 0.105. The molecule has 3 aromatic rings. The number of amides is 1. The van der Waals surface area contributed by atoms with Crippen molar-refractivity contribution in [3.8, 4) is 17.0 Å². The lowest BCUT2D eigenvalue weighted by atomic mass is 10.0. The average molecular weight is 352 g/mol. The van der Waals surface area contributed by atoms with Gasteiger partial charge in [0.2, 0.25) is 6.41 Å². The first kappa shape index (κ1) is 17.3. The van der Waals surface area contributed by atoms with Crippen molar-refractivity contribution in [2.24, 2.45) is 10.7 Å². The van der Waals surface area contributed by atoms with Crippen molar-refractivity contribution in [1.29, 1.82) is 0 Å². The Bertz CT molecular complexity index is 1020. The van der Waals surface area contributed by atoms with Crippen LogP contribution in [0.1, 0.15) is 5.56 Å². The topological polar surface area (TPSA) is 89.6 Å². The SMILES string of the molecule is COc1c(F)ccc2nc(-c3ccccc3C)cc(N=C(N)NC=O)c12. The van der Waals surface area contributed by atoms with Crippen LogP contribution in [-0.4, -0.2) is 24.5 Å². The molecule has 132 valence electrons. The molecular formula is C19H17FN4O2. The van der Waals surface area contributed by atoms with E-state index in [0.29, 0.717) is 28.7 Å². The van der Waals surface area contributed by atoms with E-state index >= 15 is 0 Å². The van der Waals surface area contributed by atoms with Crippen molar-refractivity contribution in [3.05, 3.63) is 53.8 Å². The van der Waals surface area contributed by atoms with Gasteiger partial charge in [0.1, 0.15) is 0 Å². The molecule has 0 fully saturated rings. The number of nitrogens with zero attached hydrogens (tertiary/aromatic N) is 2. The van der Waals surface area contributed by atoms with E-state index < -0.39 is 5.82 Å². The van der Waals surface area contributed by atoms with E-state index in [4.69, 9.17) is 10.5 Å². The molecule has 0 spiro atoms. The number of aryl methyl sites for hydroxylation is 1. The maximum atomic E-state index is 14.2. The summed E-state index contributed by atoms with van der Waals surface area (Å²) < 4.78 is 19.4. The summed E-state index contributed by atoms with van der Waals surface area (Å²) >= 11 is 0. The van der Waals surface area contributed by atoms with Crippen LogP contribution in [0.5, 0.6) is 5.75 Å². The number of benzene rings is 2. The molecule has 0 radical (unpaired) electrons. The third kappa shape index (κ3) is 3.19. The largest absolute Gasteiger partial charge is 0.493 e. The molecule has 6 nitrogen and oxygen atoms in total. The lowest BCUT2D eigenvalue weighted by Gasteiger charge is -2.12. The second-order valence-electron chi connectivity index (χ2n) is 5.58. The third-order valence-corrected chi connectivity index (χ3v) is 3.93. The molecule has 0 saturated heterocycles. The summed E-state index contributed by atoms with van der Waals surface area (Å²) in [4.78, 5) is 19.4. The van der Waals surface area contributed by atoms with Gasteiger partial charge in [-0.2, -0.15) is 0 Å². The first-order chi connectivity index (χ1) is 12.5. The number of nitrogens with one attached hydrogen (secondary N) is 1. The number of halogens is 1. The highest BCUT2D eigenvalue weighted by Gasteiger charge is 2.16. The fourth-order valence-electron chi connectivity index (χ4n) is 2.76. The highest BCUT2D eigenvalue weighted by Crippen LogP contribution is 2.38. The van der Waals surface area contributed by atoms with Crippen LogP contribution in [0.4, 0.5) is 10.1 Å². The van der Waals surface area contributed by atoms with Gasteiger partial charge in [-0.05, 0) is 30.7 Å². The molecule has 2 aromatic carbocycles. The molecular weight excluding hydrogens is 335 g/mol. The van der Waals surface area contributed by atoms with Crippen molar-refractivity contribution < 1.29 is 13.9 Å². The molecule has 0 bridgehead atoms. The lowest BCUT2D eigenvalue weighted by molar-refractivity contribution is -0.108. The average Bonchev–Trinajstić information content (AvgIpc) is 2.62. The minimum atomic E-state index is -0.538. The maximum Gasteiger partial charge on any atom is 0.213 e. The highest BCUT2D eigenvalue weighted by molar-refractivity contribution is 6.00. The normalized spacial score (nSPS) is 11.4. The Kier molecular flexibility index (Phi) is 4.79. The summed E-state index contributed by atoms with van der Waals surface area (Å²) in [5, 5.41) is 2.65. The molecule has 26 heavy (non-hydrogen) atoms. The smallest absolute Gasteiger partial charge is 0.213 e. The summed E-state index contributed by atoms with van der Waals surface area (Å²) in [6, 6.07) is 12.3. The molecule has 1 amide bonds. The van der Waals surface area contributed by atoms with Crippen LogP contribution >= 0.6 is 0 Å². The third-order valence-electron chi connectivity index (χ3n) is 3.93. The van der Waals surface area contributed by atoms with Gasteiger partial charge < -0.3 is 10.5 Å². The first-order valence-electron chi connectivity index (χ1n) is 7.82. The quantitative estimate of drug-likeness (QED) is 0.429.